The van der Waals surface area contributed by atoms with Gasteiger partial charge in [0, 0.05) is 137 Å². The summed E-state index contributed by atoms with van der Waals surface area (Å²) in [5.41, 5.74) is 4.15. The summed E-state index contributed by atoms with van der Waals surface area (Å²) in [6, 6.07) is 19.7. The second kappa shape index (κ2) is 40.0. The first-order chi connectivity index (χ1) is 17.1. The maximum atomic E-state index is 4.42. The third kappa shape index (κ3) is 32.7. The molecule has 0 aliphatic heterocycles. The molecular formula is C32H43NOSY4-4. The summed E-state index contributed by atoms with van der Waals surface area (Å²) in [6.07, 6.45) is 10.7. The van der Waals surface area contributed by atoms with Gasteiger partial charge in [0.1, 0.15) is 0 Å². The van der Waals surface area contributed by atoms with Crippen molar-refractivity contribution in [1.82, 2.24) is 4.98 Å². The Bertz CT molecular complexity index is 878. The molecule has 204 valence electrons. The van der Waals surface area contributed by atoms with Crippen LogP contribution in [0.3, 0.4) is 0 Å². The van der Waals surface area contributed by atoms with E-state index in [1.54, 1.807) is 17.5 Å². The molecule has 2 nitrogen and oxygen atoms in total. The van der Waals surface area contributed by atoms with Crippen LogP contribution in [0.4, 0.5) is 0 Å². The predicted molar refractivity (Wildman–Crippen MR) is 153 cm³/mol. The van der Waals surface area contributed by atoms with Crippen molar-refractivity contribution in [3.63, 3.8) is 0 Å². The fourth-order valence-corrected chi connectivity index (χ4v) is 3.36. The largest absolute Gasteiger partial charge is 0.546 e. The van der Waals surface area contributed by atoms with Crippen molar-refractivity contribution in [2.45, 2.75) is 79.1 Å². The van der Waals surface area contributed by atoms with Gasteiger partial charge < -0.3 is 28.0 Å². The van der Waals surface area contributed by atoms with Crippen molar-refractivity contribution in [1.29, 1.82) is 0 Å². The number of aryl methyl sites for hydroxylation is 3. The molecule has 4 radical (unpaired) electrons. The number of ether oxygens (including phenoxy) is 1. The molecule has 2 aromatic carbocycles. The fraction of sp³-hybridized carbons (Fsp3) is 0.406. The Kier molecular flexibility index (Phi) is 51.9. The number of hydrogen-bond acceptors (Lipinski definition) is 3. The van der Waals surface area contributed by atoms with Crippen LogP contribution in [0.1, 0.15) is 75.1 Å². The Balaban J connectivity index is -0.000000128. The van der Waals surface area contributed by atoms with Crippen LogP contribution in [0.15, 0.2) is 54.7 Å². The molecular weight excluding hydrogens is 802 g/mol. The van der Waals surface area contributed by atoms with Crippen LogP contribution in [0.2, 0.25) is 0 Å². The second-order valence-corrected chi connectivity index (χ2v) is 8.52. The van der Waals surface area contributed by atoms with E-state index in [9.17, 15) is 0 Å². The quantitative estimate of drug-likeness (QED) is 0.168. The van der Waals surface area contributed by atoms with E-state index in [0.717, 1.165) is 25.7 Å². The van der Waals surface area contributed by atoms with E-state index in [0.29, 0.717) is 6.61 Å². The monoisotopic (exact) mass is 845 g/mol. The molecule has 0 spiro atoms. The Morgan fingerprint density at radius 2 is 1.54 bits per heavy atom. The van der Waals surface area contributed by atoms with Gasteiger partial charge in [-0.25, -0.2) is 7.11 Å². The van der Waals surface area contributed by atoms with E-state index in [1.165, 1.54) is 47.4 Å². The average molecular weight is 845 g/mol. The van der Waals surface area contributed by atoms with Crippen molar-refractivity contribution in [3.05, 3.63) is 102 Å². The molecule has 7 heteroatoms. The molecule has 0 unspecified atom stereocenters. The van der Waals surface area contributed by atoms with Gasteiger partial charge in [0.2, 0.25) is 0 Å². The van der Waals surface area contributed by atoms with E-state index < -0.39 is 0 Å². The minimum absolute atomic E-state index is 0. The first kappa shape index (κ1) is 50.6. The Morgan fingerprint density at radius 1 is 0.872 bits per heavy atom. The van der Waals surface area contributed by atoms with Crippen LogP contribution < -0.4 is 0 Å². The second-order valence-electron chi connectivity index (χ2n) is 7.61. The zero-order valence-electron chi connectivity index (χ0n) is 24.5. The van der Waals surface area contributed by atoms with Gasteiger partial charge in [0.25, 0.3) is 0 Å². The summed E-state index contributed by atoms with van der Waals surface area (Å²) in [5.74, 6) is 5.58. The zero-order valence-corrected chi connectivity index (χ0v) is 36.7. The number of unbranched alkanes of at least 4 members (excludes halogenated alkanes) is 1. The molecule has 0 aliphatic rings. The Labute approximate surface area is 345 Å². The van der Waals surface area contributed by atoms with Crippen molar-refractivity contribution < 1.29 is 136 Å². The van der Waals surface area contributed by atoms with Crippen LogP contribution in [0.25, 0.3) is 0 Å². The van der Waals surface area contributed by atoms with Crippen molar-refractivity contribution in [2.24, 2.45) is 0 Å². The fourth-order valence-electron chi connectivity index (χ4n) is 2.77. The predicted octanol–water partition coefficient (Wildman–Crippen LogP) is 8.55. The Hall–Kier alpha value is 2.01. The minimum atomic E-state index is 0. The molecule has 0 saturated heterocycles. The molecule has 0 amide bonds. The first-order valence-electron chi connectivity index (χ1n) is 12.6. The number of thiazole rings is 1. The van der Waals surface area contributed by atoms with Gasteiger partial charge in [-0.1, -0.05) is 107 Å². The smallest absolute Gasteiger partial charge is 0.0750 e. The maximum Gasteiger partial charge on any atom is 0.0750 e. The van der Waals surface area contributed by atoms with Crippen LogP contribution in [0.5, 0.6) is 0 Å². The van der Waals surface area contributed by atoms with Crippen molar-refractivity contribution in [3.8, 4) is 11.8 Å². The molecule has 3 rings (SSSR count). The Morgan fingerprint density at radius 3 is 2.03 bits per heavy atom. The summed E-state index contributed by atoms with van der Waals surface area (Å²) in [5, 5.41) is 4.19. The van der Waals surface area contributed by atoms with Crippen LogP contribution in [-0.2, 0) is 161 Å². The molecule has 0 fully saturated rings. The van der Waals surface area contributed by atoms with E-state index in [4.69, 9.17) is 0 Å². The SMILES string of the molecule is CCCCc1nc[c-]s1.CCCc1cc[c-]cc1.[CH2-]Cc1cccc(CC)c1.[CH2-]OCC#CCC.[Y].[Y].[Y].[Y]. The van der Waals surface area contributed by atoms with Crippen LogP contribution >= 0.6 is 11.3 Å². The van der Waals surface area contributed by atoms with Crippen molar-refractivity contribution >= 4 is 11.3 Å². The molecule has 39 heavy (non-hydrogen) atoms. The summed E-state index contributed by atoms with van der Waals surface area (Å²) in [4.78, 5) is 4.12. The van der Waals surface area contributed by atoms with E-state index >= 15 is 0 Å². The zero-order chi connectivity index (χ0) is 26.0. The first-order valence-corrected chi connectivity index (χ1v) is 13.4. The molecule has 0 atom stereocenters. The number of nitrogens with zero attached hydrogens (tertiary/aromatic N) is 1. The molecule has 3 aromatic rings. The number of aromatic nitrogens is 1. The van der Waals surface area contributed by atoms with Crippen LogP contribution in [-0.4, -0.2) is 11.6 Å². The van der Waals surface area contributed by atoms with Gasteiger partial charge in [-0.2, -0.15) is 47.7 Å². The van der Waals surface area contributed by atoms with E-state index in [2.05, 4.69) is 104 Å². The molecule has 0 N–H and O–H groups in total. The van der Waals surface area contributed by atoms with E-state index in [-0.39, 0.29) is 131 Å². The number of hydrogen-bond donors (Lipinski definition) is 0. The molecule has 1 heterocycles. The van der Waals surface area contributed by atoms with Gasteiger partial charge >= 0.3 is 0 Å². The summed E-state index contributed by atoms with van der Waals surface area (Å²) < 4.78 is 4.42. The topological polar surface area (TPSA) is 22.1 Å². The molecule has 0 saturated carbocycles. The van der Waals surface area contributed by atoms with Crippen molar-refractivity contribution in [2.75, 3.05) is 6.61 Å². The van der Waals surface area contributed by atoms with Gasteiger partial charge in [-0.15, -0.1) is 5.92 Å². The average Bonchev–Trinajstić information content (AvgIpc) is 3.43. The van der Waals surface area contributed by atoms with Gasteiger partial charge in [-0.3, -0.25) is 0 Å². The van der Waals surface area contributed by atoms with E-state index in [1.807, 2.05) is 19.1 Å². The number of rotatable bonds is 8. The molecule has 0 aliphatic carbocycles. The standard InChI is InChI=1S/C10H13.C9H11.C7H10NS.C6H9O.4Y/c1-3-9-6-5-7-10(4-2)8-9;1-2-6-9-7-4-3-5-8-9;1-2-3-4-7-8-5-6-9-7;1-3-4-5-6-7-2;;;;/h5-8H,1,3-4H2,2H3;4-5,7-8H,2,6H2,1H3;5H,2-4H2,1H3;2-3,6H2,1H3;;;;/q4*-1;;;;. The number of benzene rings is 2. The van der Waals surface area contributed by atoms with Gasteiger partial charge in [0.05, 0.1) is 6.61 Å². The summed E-state index contributed by atoms with van der Waals surface area (Å²) >= 11 is 1.63. The maximum absolute atomic E-state index is 4.42. The third-order valence-electron chi connectivity index (χ3n) is 4.67. The summed E-state index contributed by atoms with van der Waals surface area (Å²) in [6.45, 7) is 12.8. The summed E-state index contributed by atoms with van der Waals surface area (Å²) in [7, 11) is 3.15. The third-order valence-corrected chi connectivity index (χ3v) is 5.44. The van der Waals surface area contributed by atoms with Gasteiger partial charge in [-0.05, 0) is 12.0 Å². The minimum Gasteiger partial charge on any atom is -0.546 e. The van der Waals surface area contributed by atoms with Crippen LogP contribution in [0, 0.1) is 37.3 Å². The molecule has 0 bridgehead atoms. The molecule has 1 aromatic heterocycles. The normalized spacial score (nSPS) is 8.26. The van der Waals surface area contributed by atoms with Gasteiger partial charge in [0.15, 0.2) is 0 Å².